The summed E-state index contributed by atoms with van der Waals surface area (Å²) in [5.41, 5.74) is 1.10. The van der Waals surface area contributed by atoms with Crippen molar-refractivity contribution in [3.8, 4) is 6.07 Å². The molecular weight excluding hydrogens is 408 g/mol. The molecule has 0 aliphatic carbocycles. The Kier molecular flexibility index (Phi) is 9.28. The highest BCUT2D eigenvalue weighted by Gasteiger charge is 2.44. The molecule has 0 aliphatic rings. The third-order valence-corrected chi connectivity index (χ3v) is 9.48. The zero-order chi connectivity index (χ0) is 22.5. The minimum absolute atomic E-state index is 0.596. The van der Waals surface area contributed by atoms with Gasteiger partial charge in [-0.2, -0.15) is 5.26 Å². The lowest BCUT2D eigenvalue weighted by Gasteiger charge is -2.30. The van der Waals surface area contributed by atoms with Crippen molar-refractivity contribution in [2.45, 2.75) is 51.9 Å². The number of nitriles is 1. The van der Waals surface area contributed by atoms with E-state index in [1.54, 1.807) is 0 Å². The van der Waals surface area contributed by atoms with E-state index in [0.717, 1.165) is 44.2 Å². The lowest BCUT2D eigenvalue weighted by Crippen LogP contribution is -2.68. The largest absolute Gasteiger partial charge is 0.438 e. The maximum absolute atomic E-state index is 8.86. The topological polar surface area (TPSA) is 45.4 Å². The predicted octanol–water partition coefficient (Wildman–Crippen LogP) is 5.30. The van der Waals surface area contributed by atoms with Crippen molar-refractivity contribution in [1.29, 1.82) is 5.26 Å². The highest BCUT2D eigenvalue weighted by Crippen LogP contribution is 2.13. The Hall–Kier alpha value is -3.16. The van der Waals surface area contributed by atoms with Gasteiger partial charge in [0.25, 0.3) is 0 Å². The van der Waals surface area contributed by atoms with Gasteiger partial charge in [0.05, 0.1) is 11.8 Å². The molecule has 0 radical (unpaired) electrons. The minimum Gasteiger partial charge on any atom is -0.438 e. The lowest BCUT2D eigenvalue weighted by molar-refractivity contribution is 0.345. The van der Waals surface area contributed by atoms with E-state index < -0.39 is 8.32 Å². The van der Waals surface area contributed by atoms with Crippen LogP contribution in [0.3, 0.4) is 0 Å². The van der Waals surface area contributed by atoms with Crippen LogP contribution in [0.25, 0.3) is 0 Å². The quantitative estimate of drug-likeness (QED) is 0.126. The number of unbranched alkanes of at least 4 members (excludes halogenated alkanes) is 3. The maximum atomic E-state index is 8.86. The van der Waals surface area contributed by atoms with Crippen molar-refractivity contribution in [1.82, 2.24) is 0 Å². The van der Waals surface area contributed by atoms with Crippen molar-refractivity contribution in [3.63, 3.8) is 0 Å². The highest BCUT2D eigenvalue weighted by atomic mass is 28.4. The van der Waals surface area contributed by atoms with Crippen molar-refractivity contribution < 1.29 is 4.53 Å². The van der Waals surface area contributed by atoms with Crippen LogP contribution in [0.15, 0.2) is 96.2 Å². The van der Waals surface area contributed by atoms with Gasteiger partial charge in [0.1, 0.15) is 0 Å². The first-order chi connectivity index (χ1) is 15.8. The molecule has 0 bridgehead atoms. The standard InChI is InChI=1S/C28H32N2OSi/c1-2-3-16-25(17-8-7-15-24-29)30-31-32(26-18-9-4-10-19-26,27-20-11-5-12-21-27)28-22-13-6-14-23-28/h4-6,9-14,18-23H,2-3,7-8,15-17H2,1H3/b30-25+. The molecule has 0 aromatic heterocycles. The number of benzene rings is 3. The van der Waals surface area contributed by atoms with E-state index in [-0.39, 0.29) is 0 Å². The molecule has 0 heterocycles. The molecule has 4 heteroatoms. The Morgan fingerprint density at radius 1 is 0.750 bits per heavy atom. The molecule has 0 atom stereocenters. The summed E-state index contributed by atoms with van der Waals surface area (Å²) < 4.78 is 6.77. The molecule has 0 saturated carbocycles. The fraction of sp³-hybridized carbons (Fsp3) is 0.286. The molecule has 0 N–H and O–H groups in total. The molecular formula is C28H32N2OSi. The smallest absolute Gasteiger partial charge is 0.380 e. The Morgan fingerprint density at radius 2 is 1.22 bits per heavy atom. The third-order valence-electron chi connectivity index (χ3n) is 5.68. The summed E-state index contributed by atoms with van der Waals surface area (Å²) in [5.74, 6) is 0. The van der Waals surface area contributed by atoms with Crippen LogP contribution in [0, 0.1) is 11.3 Å². The summed E-state index contributed by atoms with van der Waals surface area (Å²) in [6, 6.07) is 33.9. The van der Waals surface area contributed by atoms with Gasteiger partial charge in [0, 0.05) is 6.42 Å². The SMILES string of the molecule is CCCC/C(CCCCC#N)=N\O[Si](c1ccccc1)(c1ccccc1)c1ccccc1. The number of oxime groups is 1. The molecule has 32 heavy (non-hydrogen) atoms. The van der Waals surface area contributed by atoms with Gasteiger partial charge in [-0.3, -0.25) is 0 Å². The van der Waals surface area contributed by atoms with Crippen LogP contribution in [0.5, 0.6) is 0 Å². The van der Waals surface area contributed by atoms with Crippen molar-refractivity contribution >= 4 is 29.6 Å². The van der Waals surface area contributed by atoms with Gasteiger partial charge < -0.3 is 4.53 Å². The number of hydrogen-bond donors (Lipinski definition) is 0. The van der Waals surface area contributed by atoms with Crippen LogP contribution < -0.4 is 15.6 Å². The Bertz CT molecular complexity index is 901. The Labute approximate surface area is 193 Å². The van der Waals surface area contributed by atoms with Crippen molar-refractivity contribution in [2.24, 2.45) is 5.16 Å². The van der Waals surface area contributed by atoms with Crippen LogP contribution in [0.2, 0.25) is 0 Å². The van der Waals surface area contributed by atoms with E-state index in [2.05, 4.69) is 85.8 Å². The minimum atomic E-state index is -2.82. The normalized spacial score (nSPS) is 11.7. The number of rotatable bonds is 12. The van der Waals surface area contributed by atoms with E-state index in [1.807, 2.05) is 18.2 Å². The zero-order valence-electron chi connectivity index (χ0n) is 18.9. The lowest BCUT2D eigenvalue weighted by atomic mass is 10.1. The van der Waals surface area contributed by atoms with Gasteiger partial charge in [-0.15, -0.1) is 5.16 Å². The first-order valence-electron chi connectivity index (χ1n) is 11.6. The predicted molar refractivity (Wildman–Crippen MR) is 136 cm³/mol. The van der Waals surface area contributed by atoms with Crippen LogP contribution in [-0.4, -0.2) is 14.0 Å². The van der Waals surface area contributed by atoms with Gasteiger partial charge >= 0.3 is 8.32 Å². The third kappa shape index (κ3) is 5.96. The van der Waals surface area contributed by atoms with E-state index >= 15 is 0 Å². The van der Waals surface area contributed by atoms with Crippen molar-refractivity contribution in [2.75, 3.05) is 0 Å². The molecule has 0 saturated heterocycles. The maximum Gasteiger partial charge on any atom is 0.380 e. The second-order valence-electron chi connectivity index (χ2n) is 8.00. The molecule has 164 valence electrons. The molecule has 3 aromatic carbocycles. The van der Waals surface area contributed by atoms with E-state index in [9.17, 15) is 0 Å². The van der Waals surface area contributed by atoms with Crippen LogP contribution in [0.1, 0.15) is 51.9 Å². The zero-order valence-corrected chi connectivity index (χ0v) is 19.9. The molecule has 3 rings (SSSR count). The number of nitrogens with zero attached hydrogens (tertiary/aromatic N) is 2. The molecule has 0 aliphatic heterocycles. The second kappa shape index (κ2) is 12.6. The summed E-state index contributed by atoms with van der Waals surface area (Å²) in [7, 11) is -2.82. The van der Waals surface area contributed by atoms with E-state index in [1.165, 1.54) is 15.6 Å². The molecule has 0 unspecified atom stereocenters. The Morgan fingerprint density at radius 3 is 1.66 bits per heavy atom. The van der Waals surface area contributed by atoms with Gasteiger partial charge in [0.15, 0.2) is 0 Å². The number of hydrogen-bond acceptors (Lipinski definition) is 3. The monoisotopic (exact) mass is 440 g/mol. The van der Waals surface area contributed by atoms with Crippen LogP contribution in [-0.2, 0) is 4.53 Å². The highest BCUT2D eigenvalue weighted by molar-refractivity contribution is 7.07. The van der Waals surface area contributed by atoms with E-state index in [4.69, 9.17) is 14.9 Å². The van der Waals surface area contributed by atoms with Crippen LogP contribution in [0.4, 0.5) is 0 Å². The molecule has 0 fully saturated rings. The summed E-state index contributed by atoms with van der Waals surface area (Å²) in [6.07, 6.45) is 6.50. The average molecular weight is 441 g/mol. The van der Waals surface area contributed by atoms with Gasteiger partial charge in [-0.05, 0) is 47.7 Å². The average Bonchev–Trinajstić information content (AvgIpc) is 2.87. The van der Waals surface area contributed by atoms with Gasteiger partial charge in [-0.25, -0.2) is 0 Å². The fourth-order valence-electron chi connectivity index (χ4n) is 3.94. The molecule has 3 nitrogen and oxygen atoms in total. The first kappa shape index (κ1) is 23.5. The molecule has 3 aromatic rings. The molecule has 0 spiro atoms. The second-order valence-corrected chi connectivity index (χ2v) is 11.3. The van der Waals surface area contributed by atoms with Gasteiger partial charge in [0.2, 0.25) is 0 Å². The molecule has 0 amide bonds. The first-order valence-corrected chi connectivity index (χ1v) is 13.5. The Balaban J connectivity index is 2.07. The summed E-state index contributed by atoms with van der Waals surface area (Å²) in [4.78, 5) is 0. The van der Waals surface area contributed by atoms with E-state index in [0.29, 0.717) is 6.42 Å². The van der Waals surface area contributed by atoms with Gasteiger partial charge in [-0.1, -0.05) is 104 Å². The summed E-state index contributed by atoms with van der Waals surface area (Å²) in [6.45, 7) is 2.20. The fourth-order valence-corrected chi connectivity index (χ4v) is 7.51. The van der Waals surface area contributed by atoms with Crippen LogP contribution >= 0.6 is 0 Å². The summed E-state index contributed by atoms with van der Waals surface area (Å²) in [5, 5.41) is 17.3. The van der Waals surface area contributed by atoms with Crippen molar-refractivity contribution in [3.05, 3.63) is 91.0 Å². The summed E-state index contributed by atoms with van der Waals surface area (Å²) >= 11 is 0.